The molecule has 21 heavy (non-hydrogen) atoms. The summed E-state index contributed by atoms with van der Waals surface area (Å²) in [7, 11) is 1.13. The van der Waals surface area contributed by atoms with E-state index < -0.39 is 27.2 Å². The SMILES string of the molecule is COc1c(/C=N/[N+]([O-])=C(N)N)cc([N+](=O)[O-])cc1[N+](=O)[O-]. The first kappa shape index (κ1) is 15.6. The highest BCUT2D eigenvalue weighted by atomic mass is 16.6. The molecule has 0 fully saturated rings. The van der Waals surface area contributed by atoms with E-state index in [2.05, 4.69) is 5.10 Å². The molecule has 0 atom stereocenters. The zero-order valence-electron chi connectivity index (χ0n) is 10.6. The highest BCUT2D eigenvalue weighted by Crippen LogP contribution is 2.34. The van der Waals surface area contributed by atoms with Crippen molar-refractivity contribution in [2.75, 3.05) is 7.11 Å². The van der Waals surface area contributed by atoms with Crippen molar-refractivity contribution in [3.63, 3.8) is 0 Å². The molecule has 1 rings (SSSR count). The molecular weight excluding hydrogens is 288 g/mol. The van der Waals surface area contributed by atoms with Gasteiger partial charge in [0.1, 0.15) is 0 Å². The highest BCUT2D eigenvalue weighted by Gasteiger charge is 2.24. The molecule has 112 valence electrons. The number of hydrogen-bond donors (Lipinski definition) is 2. The number of benzene rings is 1. The van der Waals surface area contributed by atoms with Gasteiger partial charge in [-0.15, -0.1) is 9.95 Å². The summed E-state index contributed by atoms with van der Waals surface area (Å²) >= 11 is 0. The van der Waals surface area contributed by atoms with Crippen molar-refractivity contribution in [2.45, 2.75) is 0 Å². The number of non-ortho nitro benzene ring substituents is 1. The minimum atomic E-state index is -0.860. The minimum Gasteiger partial charge on any atom is -0.722 e. The molecule has 12 nitrogen and oxygen atoms in total. The zero-order chi connectivity index (χ0) is 16.2. The van der Waals surface area contributed by atoms with Gasteiger partial charge >= 0.3 is 11.6 Å². The maximum Gasteiger partial charge on any atom is 0.366 e. The van der Waals surface area contributed by atoms with Crippen LogP contribution in [0.2, 0.25) is 0 Å². The lowest BCUT2D eigenvalue weighted by Gasteiger charge is -2.06. The summed E-state index contributed by atoms with van der Waals surface area (Å²) in [5, 5.41) is 36.0. The van der Waals surface area contributed by atoms with Crippen molar-refractivity contribution < 1.29 is 19.4 Å². The smallest absolute Gasteiger partial charge is 0.366 e. The molecular formula is C9H10N6O6. The number of ether oxygens (including phenoxy) is 1. The lowest BCUT2D eigenvalue weighted by molar-refractivity contribution is -0.463. The number of guanidine groups is 1. The monoisotopic (exact) mass is 298 g/mol. The lowest BCUT2D eigenvalue weighted by Crippen LogP contribution is -2.30. The van der Waals surface area contributed by atoms with Crippen LogP contribution in [0.15, 0.2) is 17.2 Å². The maximum absolute atomic E-state index is 11.1. The Kier molecular flexibility index (Phi) is 4.56. The first-order valence-electron chi connectivity index (χ1n) is 5.17. The second-order valence-electron chi connectivity index (χ2n) is 3.54. The second-order valence-corrected chi connectivity index (χ2v) is 3.54. The van der Waals surface area contributed by atoms with Crippen LogP contribution in [0.1, 0.15) is 5.56 Å². The van der Waals surface area contributed by atoms with E-state index in [4.69, 9.17) is 16.2 Å². The molecule has 0 unspecified atom stereocenters. The van der Waals surface area contributed by atoms with Crippen LogP contribution in [0.4, 0.5) is 11.4 Å². The molecule has 1 aromatic carbocycles. The van der Waals surface area contributed by atoms with Crippen molar-refractivity contribution in [1.29, 1.82) is 0 Å². The Morgan fingerprint density at radius 3 is 2.29 bits per heavy atom. The molecule has 1 aromatic rings. The molecule has 12 heteroatoms. The molecule has 0 aliphatic rings. The van der Waals surface area contributed by atoms with Gasteiger partial charge in [0.2, 0.25) is 5.75 Å². The van der Waals surface area contributed by atoms with Crippen LogP contribution < -0.4 is 16.2 Å². The summed E-state index contributed by atoms with van der Waals surface area (Å²) in [6.45, 7) is 0. The Morgan fingerprint density at radius 1 is 1.24 bits per heavy atom. The number of nitro groups is 2. The van der Waals surface area contributed by atoms with Crippen molar-refractivity contribution in [2.24, 2.45) is 16.6 Å². The molecule has 0 radical (unpaired) electrons. The van der Waals surface area contributed by atoms with Gasteiger partial charge in [-0.25, -0.2) is 0 Å². The van der Waals surface area contributed by atoms with Gasteiger partial charge in [0, 0.05) is 6.07 Å². The summed E-state index contributed by atoms with van der Waals surface area (Å²) < 4.78 is 4.82. The predicted molar refractivity (Wildman–Crippen MR) is 70.9 cm³/mol. The van der Waals surface area contributed by atoms with Gasteiger partial charge in [0.05, 0.1) is 34.8 Å². The number of nitrogens with two attached hydrogens (primary N) is 2. The topological polar surface area (TPSA) is 186 Å². The molecule has 0 aromatic heterocycles. The van der Waals surface area contributed by atoms with Crippen molar-refractivity contribution in [3.05, 3.63) is 43.1 Å². The third-order valence-electron chi connectivity index (χ3n) is 2.22. The molecule has 0 amide bonds. The Balaban J connectivity index is 3.51. The van der Waals surface area contributed by atoms with Gasteiger partial charge < -0.3 is 9.94 Å². The third kappa shape index (κ3) is 3.52. The van der Waals surface area contributed by atoms with Crippen LogP contribution in [0.5, 0.6) is 5.75 Å². The number of methoxy groups -OCH3 is 1. The van der Waals surface area contributed by atoms with E-state index in [1.165, 1.54) is 0 Å². The molecule has 0 bridgehead atoms. The summed E-state index contributed by atoms with van der Waals surface area (Å²) in [5.41, 5.74) is 8.59. The molecule has 0 aliphatic heterocycles. The van der Waals surface area contributed by atoms with Gasteiger partial charge in [0.25, 0.3) is 5.69 Å². The number of nitro benzene ring substituents is 2. The fourth-order valence-electron chi connectivity index (χ4n) is 1.36. The average molecular weight is 298 g/mol. The molecule has 0 spiro atoms. The first-order valence-corrected chi connectivity index (χ1v) is 5.17. The number of nitrogens with zero attached hydrogens (tertiary/aromatic N) is 4. The summed E-state index contributed by atoms with van der Waals surface area (Å²) in [4.78, 5) is 19.8. The second kappa shape index (κ2) is 6.14. The summed E-state index contributed by atoms with van der Waals surface area (Å²) in [6, 6.07) is 1.68. The molecule has 0 saturated heterocycles. The van der Waals surface area contributed by atoms with E-state index >= 15 is 0 Å². The van der Waals surface area contributed by atoms with Crippen LogP contribution in [0.3, 0.4) is 0 Å². The van der Waals surface area contributed by atoms with E-state index in [0.29, 0.717) is 0 Å². The van der Waals surface area contributed by atoms with Gasteiger partial charge in [0.15, 0.2) is 0 Å². The first-order chi connectivity index (χ1) is 9.77. The molecule has 0 saturated carbocycles. The van der Waals surface area contributed by atoms with E-state index in [9.17, 15) is 25.4 Å². The summed E-state index contributed by atoms with van der Waals surface area (Å²) in [6.07, 6.45) is 0.811. The number of hydrogen-bond acceptors (Lipinski definition) is 7. The Bertz CT molecular complexity index is 650. The number of hydrazone groups is 1. The Labute approximate surface area is 116 Å². The van der Waals surface area contributed by atoms with Gasteiger partial charge in [-0.2, -0.15) is 0 Å². The molecule has 4 N–H and O–H groups in total. The van der Waals surface area contributed by atoms with Crippen molar-refractivity contribution in [1.82, 2.24) is 0 Å². The predicted octanol–water partition coefficient (Wildman–Crippen LogP) is -0.371. The molecule has 0 aliphatic carbocycles. The van der Waals surface area contributed by atoms with Crippen LogP contribution in [-0.2, 0) is 0 Å². The normalized spacial score (nSPS) is 10.3. The van der Waals surface area contributed by atoms with Gasteiger partial charge in [-0.1, -0.05) is 0 Å². The summed E-state index contributed by atoms with van der Waals surface area (Å²) in [5.74, 6) is -0.969. The van der Waals surface area contributed by atoms with Crippen LogP contribution in [-0.4, -0.2) is 34.0 Å². The fourth-order valence-corrected chi connectivity index (χ4v) is 1.36. The Hall–Kier alpha value is -3.44. The van der Waals surface area contributed by atoms with Crippen LogP contribution >= 0.6 is 0 Å². The highest BCUT2D eigenvalue weighted by molar-refractivity contribution is 5.87. The van der Waals surface area contributed by atoms with E-state index in [-0.39, 0.29) is 16.2 Å². The van der Waals surface area contributed by atoms with Gasteiger partial charge in [-0.05, 0) is 0 Å². The lowest BCUT2D eigenvalue weighted by atomic mass is 10.1. The van der Waals surface area contributed by atoms with E-state index in [1.807, 2.05) is 0 Å². The quantitative estimate of drug-likeness (QED) is 0.184. The maximum atomic E-state index is 11.1. The van der Waals surface area contributed by atoms with E-state index in [1.54, 1.807) is 0 Å². The fraction of sp³-hybridized carbons (Fsp3) is 0.111. The van der Waals surface area contributed by atoms with Gasteiger partial charge in [-0.3, -0.25) is 31.7 Å². The zero-order valence-corrected chi connectivity index (χ0v) is 10.6. The largest absolute Gasteiger partial charge is 0.722 e. The third-order valence-corrected chi connectivity index (χ3v) is 2.22. The van der Waals surface area contributed by atoms with Crippen LogP contribution in [0, 0.1) is 25.4 Å². The minimum absolute atomic E-state index is 0.152. The molecule has 0 heterocycles. The average Bonchev–Trinajstić information content (AvgIpc) is 2.42. The van der Waals surface area contributed by atoms with Crippen LogP contribution in [0.25, 0.3) is 0 Å². The van der Waals surface area contributed by atoms with E-state index in [0.717, 1.165) is 25.5 Å². The Morgan fingerprint density at radius 2 is 1.86 bits per heavy atom. The van der Waals surface area contributed by atoms with Crippen molar-refractivity contribution in [3.8, 4) is 5.75 Å². The number of rotatable bonds is 5. The standard InChI is InChI=1S/C9H10N6O6/c1-21-8-5(4-12-13(16)9(10)11)2-6(14(17)18)3-7(8)15(19)20/h2-4H,10-11H2,1H3/b12-4+. The van der Waals surface area contributed by atoms with Crippen molar-refractivity contribution >= 4 is 23.5 Å².